The predicted octanol–water partition coefficient (Wildman–Crippen LogP) is 1.37. The molecule has 0 bridgehead atoms. The quantitative estimate of drug-likeness (QED) is 0.446. The molecule has 0 aliphatic carbocycles. The standard InChI is InChI=1S/C26H31N5O6/c1-34-19-3-4-20-21(13-19)31(25(32)16-29-20)8-7-30-6-5-17(11-22(30)26(33)35-2)27-14-18-12-23-24(15-28-18)37-10-9-36-23/h3-4,12-13,15-17,22,27H,5-11,14H2,1-2H3. The number of carbonyl (C=O) groups excluding carboxylic acids is 1. The molecule has 1 saturated heterocycles. The van der Waals surface area contributed by atoms with Crippen LogP contribution in [-0.4, -0.2) is 78.0 Å². The highest BCUT2D eigenvalue weighted by Crippen LogP contribution is 2.29. The number of carbonyl (C=O) groups is 1. The van der Waals surface area contributed by atoms with Gasteiger partial charge in [0.05, 0.1) is 43.3 Å². The molecule has 0 radical (unpaired) electrons. The summed E-state index contributed by atoms with van der Waals surface area (Å²) in [5.41, 5.74) is 2.06. The second-order valence-electron chi connectivity index (χ2n) is 9.10. The third kappa shape index (κ3) is 5.52. The molecule has 2 aromatic heterocycles. The van der Waals surface area contributed by atoms with Gasteiger partial charge in [-0.05, 0) is 25.0 Å². The van der Waals surface area contributed by atoms with Crippen LogP contribution in [0.3, 0.4) is 0 Å². The molecule has 1 N–H and O–H groups in total. The van der Waals surface area contributed by atoms with Gasteiger partial charge in [0.15, 0.2) is 11.5 Å². The number of likely N-dealkylation sites (tertiary alicyclic amines) is 1. The molecule has 37 heavy (non-hydrogen) atoms. The Bertz CT molecular complexity index is 1330. The average molecular weight is 510 g/mol. The summed E-state index contributed by atoms with van der Waals surface area (Å²) in [6, 6.07) is 7.04. The number of pyridine rings is 1. The van der Waals surface area contributed by atoms with Crippen molar-refractivity contribution in [1.82, 2.24) is 24.8 Å². The maximum atomic E-state index is 12.7. The molecule has 2 aliphatic heterocycles. The van der Waals surface area contributed by atoms with E-state index < -0.39 is 6.04 Å². The molecule has 11 heteroatoms. The van der Waals surface area contributed by atoms with Crippen molar-refractivity contribution in [2.45, 2.75) is 38.0 Å². The highest BCUT2D eigenvalue weighted by molar-refractivity contribution is 5.76. The lowest BCUT2D eigenvalue weighted by molar-refractivity contribution is -0.148. The van der Waals surface area contributed by atoms with Crippen molar-refractivity contribution in [2.24, 2.45) is 0 Å². The van der Waals surface area contributed by atoms with Gasteiger partial charge in [-0.1, -0.05) is 0 Å². The van der Waals surface area contributed by atoms with Gasteiger partial charge in [-0.15, -0.1) is 0 Å². The first-order valence-corrected chi connectivity index (χ1v) is 12.4. The van der Waals surface area contributed by atoms with Crippen molar-refractivity contribution >= 4 is 17.0 Å². The van der Waals surface area contributed by atoms with E-state index >= 15 is 0 Å². The van der Waals surface area contributed by atoms with Gasteiger partial charge in [-0.2, -0.15) is 0 Å². The minimum atomic E-state index is -0.414. The largest absolute Gasteiger partial charge is 0.497 e. The van der Waals surface area contributed by atoms with Gasteiger partial charge >= 0.3 is 5.97 Å². The zero-order chi connectivity index (χ0) is 25.8. The lowest BCUT2D eigenvalue weighted by atomic mass is 9.96. The molecule has 1 aromatic carbocycles. The van der Waals surface area contributed by atoms with E-state index in [0.717, 1.165) is 12.1 Å². The van der Waals surface area contributed by atoms with Gasteiger partial charge in [0.25, 0.3) is 5.56 Å². The van der Waals surface area contributed by atoms with E-state index in [1.165, 1.54) is 13.3 Å². The fraction of sp³-hybridized carbons (Fsp3) is 0.462. The molecular weight excluding hydrogens is 478 g/mol. The van der Waals surface area contributed by atoms with Crippen molar-refractivity contribution in [3.8, 4) is 17.2 Å². The summed E-state index contributed by atoms with van der Waals surface area (Å²) < 4.78 is 23.3. The van der Waals surface area contributed by atoms with Crippen molar-refractivity contribution in [1.29, 1.82) is 0 Å². The Hall–Kier alpha value is -3.70. The summed E-state index contributed by atoms with van der Waals surface area (Å²) in [7, 11) is 2.99. The summed E-state index contributed by atoms with van der Waals surface area (Å²) in [4.78, 5) is 36.1. The smallest absolute Gasteiger partial charge is 0.323 e. The normalized spacial score (nSPS) is 19.5. The molecule has 2 aliphatic rings. The van der Waals surface area contributed by atoms with Crippen LogP contribution in [0.5, 0.6) is 17.2 Å². The van der Waals surface area contributed by atoms with Crippen LogP contribution >= 0.6 is 0 Å². The second-order valence-corrected chi connectivity index (χ2v) is 9.10. The first kappa shape index (κ1) is 25.0. The van der Waals surface area contributed by atoms with Crippen LogP contribution in [-0.2, 0) is 22.6 Å². The van der Waals surface area contributed by atoms with Gasteiger partial charge in [0, 0.05) is 44.4 Å². The molecule has 5 rings (SSSR count). The summed E-state index contributed by atoms with van der Waals surface area (Å²) in [6.07, 6.45) is 4.45. The van der Waals surface area contributed by atoms with E-state index in [1.54, 1.807) is 17.9 Å². The zero-order valence-corrected chi connectivity index (χ0v) is 21.0. The van der Waals surface area contributed by atoms with Crippen LogP contribution in [0, 0.1) is 0 Å². The molecule has 0 amide bonds. The Labute approximate surface area is 214 Å². The van der Waals surface area contributed by atoms with Crippen molar-refractivity contribution in [3.63, 3.8) is 0 Å². The molecule has 1 fully saturated rings. The highest BCUT2D eigenvalue weighted by atomic mass is 16.6. The number of nitrogens with zero attached hydrogens (tertiary/aromatic N) is 4. The lowest BCUT2D eigenvalue weighted by Gasteiger charge is -2.38. The van der Waals surface area contributed by atoms with Crippen molar-refractivity contribution < 1.29 is 23.7 Å². The first-order chi connectivity index (χ1) is 18.1. The van der Waals surface area contributed by atoms with Crippen molar-refractivity contribution in [2.75, 3.05) is 40.5 Å². The van der Waals surface area contributed by atoms with Crippen LogP contribution in [0.1, 0.15) is 18.5 Å². The number of fused-ring (bicyclic) bond motifs is 2. The van der Waals surface area contributed by atoms with Gasteiger partial charge < -0.3 is 28.8 Å². The molecule has 196 valence electrons. The van der Waals surface area contributed by atoms with Gasteiger partial charge in [-0.25, -0.2) is 4.98 Å². The molecule has 3 aromatic rings. The lowest BCUT2D eigenvalue weighted by Crippen LogP contribution is -2.53. The third-order valence-corrected chi connectivity index (χ3v) is 6.91. The first-order valence-electron chi connectivity index (χ1n) is 12.4. The van der Waals surface area contributed by atoms with Crippen LogP contribution in [0.4, 0.5) is 0 Å². The Kier molecular flexibility index (Phi) is 7.52. The number of rotatable bonds is 8. The van der Waals surface area contributed by atoms with E-state index in [0.29, 0.717) is 74.1 Å². The zero-order valence-electron chi connectivity index (χ0n) is 21.0. The van der Waals surface area contributed by atoms with Crippen LogP contribution in [0.25, 0.3) is 11.0 Å². The fourth-order valence-electron chi connectivity index (χ4n) is 4.91. The summed E-state index contributed by atoms with van der Waals surface area (Å²) in [5, 5.41) is 3.52. The van der Waals surface area contributed by atoms with Crippen molar-refractivity contribution in [3.05, 3.63) is 52.7 Å². The number of benzene rings is 1. The topological polar surface area (TPSA) is 117 Å². The molecule has 4 heterocycles. The number of ether oxygens (including phenoxy) is 4. The monoisotopic (exact) mass is 509 g/mol. The summed E-state index contributed by atoms with van der Waals surface area (Å²) >= 11 is 0. The van der Waals surface area contributed by atoms with E-state index in [1.807, 2.05) is 24.3 Å². The van der Waals surface area contributed by atoms with Crippen LogP contribution in [0.15, 0.2) is 41.5 Å². The summed E-state index contributed by atoms with van der Waals surface area (Å²) in [6.45, 7) is 3.23. The van der Waals surface area contributed by atoms with E-state index in [9.17, 15) is 9.59 Å². The number of methoxy groups -OCH3 is 2. The number of nitrogens with one attached hydrogen (secondary N) is 1. The maximum absolute atomic E-state index is 12.7. The van der Waals surface area contributed by atoms with Crippen LogP contribution < -0.4 is 25.1 Å². The molecule has 11 nitrogen and oxygen atoms in total. The van der Waals surface area contributed by atoms with Crippen LogP contribution in [0.2, 0.25) is 0 Å². The number of esters is 1. The van der Waals surface area contributed by atoms with E-state index in [-0.39, 0.29) is 17.6 Å². The predicted molar refractivity (Wildman–Crippen MR) is 135 cm³/mol. The fourth-order valence-corrected chi connectivity index (χ4v) is 4.91. The molecule has 2 unspecified atom stereocenters. The molecular formula is C26H31N5O6. The third-order valence-electron chi connectivity index (χ3n) is 6.91. The molecule has 0 saturated carbocycles. The number of piperidine rings is 1. The minimum Gasteiger partial charge on any atom is -0.497 e. The minimum absolute atomic E-state index is 0.115. The maximum Gasteiger partial charge on any atom is 0.323 e. The average Bonchev–Trinajstić information content (AvgIpc) is 2.95. The SMILES string of the molecule is COC(=O)C1CC(NCc2cc3c(cn2)OCCO3)CCN1CCn1c(=O)cnc2ccc(OC)cc21. The van der Waals surface area contributed by atoms with E-state index in [2.05, 4.69) is 20.2 Å². The Morgan fingerprint density at radius 1 is 1.11 bits per heavy atom. The second kappa shape index (κ2) is 11.1. The van der Waals surface area contributed by atoms with Gasteiger partial charge in [-0.3, -0.25) is 19.5 Å². The Morgan fingerprint density at radius 2 is 1.95 bits per heavy atom. The Balaban J connectivity index is 1.25. The van der Waals surface area contributed by atoms with Gasteiger partial charge in [0.2, 0.25) is 0 Å². The summed E-state index contributed by atoms with van der Waals surface area (Å²) in [5.74, 6) is 1.74. The number of hydrogen-bond acceptors (Lipinski definition) is 10. The molecule has 2 atom stereocenters. The number of aromatic nitrogens is 3. The highest BCUT2D eigenvalue weighted by Gasteiger charge is 2.34. The number of hydrogen-bond donors (Lipinski definition) is 1. The van der Waals surface area contributed by atoms with E-state index in [4.69, 9.17) is 18.9 Å². The molecule has 0 spiro atoms. The Morgan fingerprint density at radius 3 is 2.76 bits per heavy atom. The van der Waals surface area contributed by atoms with Gasteiger partial charge in [0.1, 0.15) is 25.0 Å².